The fraction of sp³-hybridized carbons (Fsp3) is 0.909. The molecule has 0 aromatic carbocycles. The second-order valence-electron chi connectivity index (χ2n) is 5.15. The third kappa shape index (κ3) is 1.18. The van der Waals surface area contributed by atoms with Crippen LogP contribution >= 0.6 is 0 Å². The van der Waals surface area contributed by atoms with Crippen LogP contribution in [0.1, 0.15) is 38.5 Å². The molecule has 0 spiro atoms. The lowest BCUT2D eigenvalue weighted by molar-refractivity contribution is -0.139. The van der Waals surface area contributed by atoms with E-state index in [0.717, 1.165) is 25.7 Å². The van der Waals surface area contributed by atoms with Gasteiger partial charge in [0.25, 0.3) is 0 Å². The predicted octanol–water partition coefficient (Wildman–Crippen LogP) is 1.81. The highest BCUT2D eigenvalue weighted by Crippen LogP contribution is 2.61. The van der Waals surface area contributed by atoms with E-state index < -0.39 is 5.97 Å². The maximum absolute atomic E-state index is 10.8. The molecule has 2 heterocycles. The van der Waals surface area contributed by atoms with Crippen molar-refractivity contribution in [3.8, 4) is 0 Å². The fourth-order valence-corrected chi connectivity index (χ4v) is 3.42. The monoisotopic (exact) mass is 196 g/mol. The van der Waals surface area contributed by atoms with Crippen LogP contribution in [0.5, 0.6) is 0 Å². The lowest BCUT2D eigenvalue weighted by Gasteiger charge is -2.26. The van der Waals surface area contributed by atoms with Crippen molar-refractivity contribution in [2.24, 2.45) is 11.3 Å². The molecule has 3 nitrogen and oxygen atoms in total. The minimum Gasteiger partial charge on any atom is -0.481 e. The Balaban J connectivity index is 1.73. The Bertz CT molecular complexity index is 270. The Morgan fingerprint density at radius 1 is 1.43 bits per heavy atom. The van der Waals surface area contributed by atoms with Crippen LogP contribution in [0.15, 0.2) is 0 Å². The van der Waals surface area contributed by atoms with Crippen molar-refractivity contribution in [1.29, 1.82) is 0 Å². The van der Waals surface area contributed by atoms with Crippen molar-refractivity contribution in [3.63, 3.8) is 0 Å². The van der Waals surface area contributed by atoms with Gasteiger partial charge in [-0.15, -0.1) is 0 Å². The largest absolute Gasteiger partial charge is 0.481 e. The van der Waals surface area contributed by atoms with Crippen LogP contribution in [0.4, 0.5) is 0 Å². The molecule has 78 valence electrons. The standard InChI is InChI=1S/C11H16O3/c12-10(13)6-11(3-4-11)8-5-7-1-2-9(8)14-7/h7-9H,1-6H2,(H,12,13). The molecule has 1 aliphatic carbocycles. The molecule has 3 heteroatoms. The van der Waals surface area contributed by atoms with E-state index in [0.29, 0.717) is 24.5 Å². The molecule has 0 radical (unpaired) electrons. The maximum atomic E-state index is 10.8. The Morgan fingerprint density at radius 2 is 2.21 bits per heavy atom. The lowest BCUT2D eigenvalue weighted by Crippen LogP contribution is -2.28. The number of rotatable bonds is 3. The number of fused-ring (bicyclic) bond motifs is 2. The van der Waals surface area contributed by atoms with Crippen molar-refractivity contribution in [1.82, 2.24) is 0 Å². The Labute approximate surface area is 83.4 Å². The molecule has 2 saturated heterocycles. The van der Waals surface area contributed by atoms with Gasteiger partial charge in [0.2, 0.25) is 0 Å². The normalized spacial score (nSPS) is 42.7. The van der Waals surface area contributed by atoms with Crippen LogP contribution in [0.3, 0.4) is 0 Å². The number of hydrogen-bond donors (Lipinski definition) is 1. The topological polar surface area (TPSA) is 46.5 Å². The minimum absolute atomic E-state index is 0.131. The highest BCUT2D eigenvalue weighted by molar-refractivity contribution is 5.68. The molecule has 0 aromatic rings. The summed E-state index contributed by atoms with van der Waals surface area (Å²) in [7, 11) is 0. The molecule has 1 saturated carbocycles. The molecule has 3 atom stereocenters. The van der Waals surface area contributed by atoms with E-state index in [1.807, 2.05) is 0 Å². The molecule has 3 unspecified atom stereocenters. The van der Waals surface area contributed by atoms with E-state index >= 15 is 0 Å². The quantitative estimate of drug-likeness (QED) is 0.748. The molecule has 2 aliphatic heterocycles. The fourth-order valence-electron chi connectivity index (χ4n) is 3.42. The molecule has 3 fully saturated rings. The van der Waals surface area contributed by atoms with E-state index in [9.17, 15) is 4.79 Å². The highest BCUT2D eigenvalue weighted by atomic mass is 16.5. The summed E-state index contributed by atoms with van der Waals surface area (Å²) in [4.78, 5) is 10.8. The molecule has 3 aliphatic rings. The van der Waals surface area contributed by atoms with E-state index in [4.69, 9.17) is 9.84 Å². The number of carbonyl (C=O) groups is 1. The van der Waals surface area contributed by atoms with Crippen LogP contribution in [0.2, 0.25) is 0 Å². The number of carboxylic acid groups (broad SMARTS) is 1. The number of hydrogen-bond acceptors (Lipinski definition) is 2. The molecular weight excluding hydrogens is 180 g/mol. The molecule has 1 N–H and O–H groups in total. The van der Waals surface area contributed by atoms with Crippen molar-refractivity contribution in [3.05, 3.63) is 0 Å². The van der Waals surface area contributed by atoms with Gasteiger partial charge in [-0.25, -0.2) is 0 Å². The smallest absolute Gasteiger partial charge is 0.303 e. The molecule has 3 rings (SSSR count). The van der Waals surface area contributed by atoms with Crippen LogP contribution in [0.25, 0.3) is 0 Å². The highest BCUT2D eigenvalue weighted by Gasteiger charge is 2.58. The second-order valence-corrected chi connectivity index (χ2v) is 5.15. The summed E-state index contributed by atoms with van der Waals surface area (Å²) < 4.78 is 5.80. The number of aliphatic carboxylic acids is 1. The van der Waals surface area contributed by atoms with Gasteiger partial charge in [0, 0.05) is 0 Å². The van der Waals surface area contributed by atoms with E-state index in [1.54, 1.807) is 0 Å². The minimum atomic E-state index is -0.634. The summed E-state index contributed by atoms with van der Waals surface area (Å²) in [6.45, 7) is 0. The van der Waals surface area contributed by atoms with Crippen LogP contribution in [-0.4, -0.2) is 23.3 Å². The van der Waals surface area contributed by atoms with Gasteiger partial charge in [0.1, 0.15) is 0 Å². The van der Waals surface area contributed by atoms with Gasteiger partial charge in [-0.2, -0.15) is 0 Å². The Morgan fingerprint density at radius 3 is 2.64 bits per heavy atom. The first-order valence-corrected chi connectivity index (χ1v) is 5.57. The summed E-state index contributed by atoms with van der Waals surface area (Å²) in [6.07, 6.45) is 6.91. The van der Waals surface area contributed by atoms with Gasteiger partial charge in [0.05, 0.1) is 18.6 Å². The SMILES string of the molecule is O=C(O)CC1(C2CC3CCC2O3)CC1. The van der Waals surface area contributed by atoms with Crippen molar-refractivity contribution in [2.75, 3.05) is 0 Å². The summed E-state index contributed by atoms with van der Waals surface area (Å²) >= 11 is 0. The van der Waals surface area contributed by atoms with Crippen LogP contribution in [0, 0.1) is 11.3 Å². The van der Waals surface area contributed by atoms with Crippen LogP contribution in [-0.2, 0) is 9.53 Å². The van der Waals surface area contributed by atoms with Gasteiger partial charge < -0.3 is 9.84 Å². The molecular formula is C11H16O3. The Hall–Kier alpha value is -0.570. The van der Waals surface area contributed by atoms with Crippen molar-refractivity contribution in [2.45, 2.75) is 50.7 Å². The molecule has 2 bridgehead atoms. The average Bonchev–Trinajstić information content (AvgIpc) is 2.62. The molecule has 14 heavy (non-hydrogen) atoms. The first-order chi connectivity index (χ1) is 6.70. The van der Waals surface area contributed by atoms with Crippen molar-refractivity contribution >= 4 is 5.97 Å². The summed E-state index contributed by atoms with van der Waals surface area (Å²) in [5.41, 5.74) is 0.131. The van der Waals surface area contributed by atoms with Gasteiger partial charge >= 0.3 is 5.97 Å². The summed E-state index contributed by atoms with van der Waals surface area (Å²) in [6, 6.07) is 0. The molecule has 0 aromatic heterocycles. The van der Waals surface area contributed by atoms with E-state index in [2.05, 4.69) is 0 Å². The summed E-state index contributed by atoms with van der Waals surface area (Å²) in [5, 5.41) is 8.88. The second kappa shape index (κ2) is 2.72. The van der Waals surface area contributed by atoms with Gasteiger partial charge in [-0.3, -0.25) is 4.79 Å². The maximum Gasteiger partial charge on any atom is 0.303 e. The van der Waals surface area contributed by atoms with E-state index in [1.165, 1.54) is 6.42 Å². The van der Waals surface area contributed by atoms with Crippen molar-refractivity contribution < 1.29 is 14.6 Å². The third-order valence-electron chi connectivity index (χ3n) is 4.29. The summed E-state index contributed by atoms with van der Waals surface area (Å²) in [5.74, 6) is -0.0809. The zero-order valence-corrected chi connectivity index (χ0v) is 8.24. The zero-order chi connectivity index (χ0) is 9.76. The first kappa shape index (κ1) is 8.72. The zero-order valence-electron chi connectivity index (χ0n) is 8.24. The lowest BCUT2D eigenvalue weighted by atomic mass is 9.76. The Kier molecular flexibility index (Phi) is 1.69. The van der Waals surface area contributed by atoms with Gasteiger partial charge in [-0.05, 0) is 43.4 Å². The van der Waals surface area contributed by atoms with Crippen LogP contribution < -0.4 is 0 Å². The van der Waals surface area contributed by atoms with E-state index in [-0.39, 0.29) is 5.41 Å². The predicted molar refractivity (Wildman–Crippen MR) is 49.9 cm³/mol. The third-order valence-corrected chi connectivity index (χ3v) is 4.29. The number of ether oxygens (including phenoxy) is 1. The van der Waals surface area contributed by atoms with Gasteiger partial charge in [-0.1, -0.05) is 0 Å². The first-order valence-electron chi connectivity index (χ1n) is 5.57. The average molecular weight is 196 g/mol. The van der Waals surface area contributed by atoms with Gasteiger partial charge in [0.15, 0.2) is 0 Å². The number of carboxylic acids is 1. The molecule has 0 amide bonds.